The summed E-state index contributed by atoms with van der Waals surface area (Å²) >= 11 is 5.62. The third-order valence-corrected chi connectivity index (χ3v) is 5.82. The summed E-state index contributed by atoms with van der Waals surface area (Å²) in [5.41, 5.74) is -4.14. The van der Waals surface area contributed by atoms with Crippen molar-refractivity contribution >= 4 is 23.2 Å². The molecule has 1 amide bonds. The monoisotopic (exact) mass is 494 g/mol. The van der Waals surface area contributed by atoms with Gasteiger partial charge in [0.15, 0.2) is 0 Å². The number of hydrogen-bond donors (Lipinski definition) is 3. The Morgan fingerprint density at radius 3 is 2.36 bits per heavy atom. The van der Waals surface area contributed by atoms with Crippen LogP contribution in [0.15, 0.2) is 36.4 Å². The molecule has 3 rings (SSSR count). The van der Waals surface area contributed by atoms with Gasteiger partial charge in [-0.1, -0.05) is 24.6 Å². The predicted octanol–water partition coefficient (Wildman–Crippen LogP) is 5.73. The average molecular weight is 495 g/mol. The van der Waals surface area contributed by atoms with E-state index < -0.39 is 40.6 Å². The minimum atomic E-state index is -5.29. The van der Waals surface area contributed by atoms with Crippen LogP contribution < -0.4 is 10.6 Å². The summed E-state index contributed by atoms with van der Waals surface area (Å²) in [6, 6.07) is 5.96. The molecule has 0 fully saturated rings. The van der Waals surface area contributed by atoms with E-state index in [2.05, 4.69) is 10.6 Å². The highest BCUT2D eigenvalue weighted by Crippen LogP contribution is 2.42. The molecular weight excluding hydrogens is 474 g/mol. The van der Waals surface area contributed by atoms with Crippen molar-refractivity contribution in [2.45, 2.75) is 50.2 Å². The molecule has 1 aliphatic carbocycles. The number of fused-ring (bicyclic) bond motifs is 1. The highest BCUT2D eigenvalue weighted by Gasteiger charge is 2.55. The fourth-order valence-corrected chi connectivity index (χ4v) is 4.00. The minimum absolute atomic E-state index is 0.120. The lowest BCUT2D eigenvalue weighted by Gasteiger charge is -2.32. The van der Waals surface area contributed by atoms with Gasteiger partial charge in [0.25, 0.3) is 0 Å². The smallest absolute Gasteiger partial charge is 0.381 e. The van der Waals surface area contributed by atoms with Gasteiger partial charge in [-0.3, -0.25) is 4.79 Å². The molecule has 33 heavy (non-hydrogen) atoms. The zero-order valence-electron chi connectivity index (χ0n) is 17.4. The number of anilines is 1. The molecule has 0 saturated carbocycles. The third kappa shape index (κ3) is 5.38. The lowest BCUT2D eigenvalue weighted by atomic mass is 9.91. The fourth-order valence-electron chi connectivity index (χ4n) is 3.76. The van der Waals surface area contributed by atoms with E-state index in [0.717, 1.165) is 11.1 Å². The van der Waals surface area contributed by atoms with E-state index in [1.165, 1.54) is 6.07 Å². The molecule has 0 spiro atoms. The molecule has 4 nitrogen and oxygen atoms in total. The standard InChI is InChI=1S/C22H21ClF6N2O2/c1-2-19(32)31-18-6-3-12-7-16(4-5-17(12)18)30-11-20(33,22(27,28)29)13-8-14(21(24,25)26)10-15(23)9-13/h4-5,7-10,18,30,33H,2-3,6,11H2,1H3,(H,31,32)/t18-,20+/m0/s1. The number of amides is 1. The van der Waals surface area contributed by atoms with Gasteiger partial charge in [0, 0.05) is 17.1 Å². The van der Waals surface area contributed by atoms with E-state index in [-0.39, 0.29) is 23.7 Å². The highest BCUT2D eigenvalue weighted by molar-refractivity contribution is 6.30. The van der Waals surface area contributed by atoms with Gasteiger partial charge in [-0.05, 0) is 59.9 Å². The van der Waals surface area contributed by atoms with Gasteiger partial charge < -0.3 is 15.7 Å². The molecular formula is C22H21ClF6N2O2. The van der Waals surface area contributed by atoms with Gasteiger partial charge in [0.05, 0.1) is 18.2 Å². The van der Waals surface area contributed by atoms with Crippen molar-refractivity contribution in [1.29, 1.82) is 0 Å². The zero-order valence-corrected chi connectivity index (χ0v) is 18.1. The van der Waals surface area contributed by atoms with Crippen LogP contribution in [0.25, 0.3) is 0 Å². The lowest BCUT2D eigenvalue weighted by Crippen LogP contribution is -2.48. The van der Waals surface area contributed by atoms with E-state index >= 15 is 0 Å². The molecule has 3 N–H and O–H groups in total. The first kappa shape index (κ1) is 25.2. The normalized spacial score (nSPS) is 17.9. The van der Waals surface area contributed by atoms with Crippen molar-refractivity contribution < 1.29 is 36.2 Å². The maximum atomic E-state index is 13.8. The second-order valence-electron chi connectivity index (χ2n) is 7.86. The van der Waals surface area contributed by atoms with E-state index in [1.54, 1.807) is 19.1 Å². The zero-order chi connectivity index (χ0) is 24.6. The first-order chi connectivity index (χ1) is 15.2. The Morgan fingerprint density at radius 1 is 1.09 bits per heavy atom. The highest BCUT2D eigenvalue weighted by atomic mass is 35.5. The Balaban J connectivity index is 1.86. The van der Waals surface area contributed by atoms with Gasteiger partial charge >= 0.3 is 12.4 Å². The molecule has 0 heterocycles. The average Bonchev–Trinajstić information content (AvgIpc) is 3.11. The van der Waals surface area contributed by atoms with Crippen molar-refractivity contribution in [1.82, 2.24) is 5.32 Å². The first-order valence-electron chi connectivity index (χ1n) is 10.1. The van der Waals surface area contributed by atoms with Crippen LogP contribution >= 0.6 is 11.6 Å². The summed E-state index contributed by atoms with van der Waals surface area (Å²) in [4.78, 5) is 11.7. The van der Waals surface area contributed by atoms with E-state index in [4.69, 9.17) is 11.6 Å². The van der Waals surface area contributed by atoms with Gasteiger partial charge in [-0.15, -0.1) is 0 Å². The van der Waals surface area contributed by atoms with Crippen molar-refractivity contribution in [2.24, 2.45) is 0 Å². The number of carbonyl (C=O) groups is 1. The molecule has 0 bridgehead atoms. The van der Waals surface area contributed by atoms with Crippen LogP contribution in [-0.2, 0) is 23.0 Å². The summed E-state index contributed by atoms with van der Waals surface area (Å²) in [6.45, 7) is 0.584. The second-order valence-corrected chi connectivity index (χ2v) is 8.30. The number of carbonyl (C=O) groups excluding carboxylic acids is 1. The van der Waals surface area contributed by atoms with E-state index in [0.29, 0.717) is 31.4 Å². The summed E-state index contributed by atoms with van der Waals surface area (Å²) < 4.78 is 80.7. The Hall–Kier alpha value is -2.46. The molecule has 0 aromatic heterocycles. The number of alkyl halides is 6. The number of aliphatic hydroxyl groups is 1. The number of rotatable bonds is 6. The van der Waals surface area contributed by atoms with Gasteiger partial charge in [-0.25, -0.2) is 0 Å². The molecule has 0 radical (unpaired) electrons. The summed E-state index contributed by atoms with van der Waals surface area (Å²) in [5.74, 6) is -0.120. The summed E-state index contributed by atoms with van der Waals surface area (Å²) in [6.07, 6.45) is -8.68. The maximum absolute atomic E-state index is 13.8. The molecule has 2 aromatic carbocycles. The van der Waals surface area contributed by atoms with Crippen LogP contribution in [0.3, 0.4) is 0 Å². The van der Waals surface area contributed by atoms with Gasteiger partial charge in [0.1, 0.15) is 0 Å². The van der Waals surface area contributed by atoms with Crippen LogP contribution in [0.4, 0.5) is 32.0 Å². The van der Waals surface area contributed by atoms with Crippen molar-refractivity contribution in [3.8, 4) is 0 Å². The molecule has 11 heteroatoms. The van der Waals surface area contributed by atoms with Crippen LogP contribution in [0, 0.1) is 0 Å². The number of halogens is 7. The second kappa shape index (κ2) is 9.06. The van der Waals surface area contributed by atoms with Crippen LogP contribution in [0.1, 0.15) is 48.1 Å². The summed E-state index contributed by atoms with van der Waals surface area (Å²) in [7, 11) is 0. The molecule has 0 saturated heterocycles. The molecule has 0 unspecified atom stereocenters. The summed E-state index contributed by atoms with van der Waals surface area (Å²) in [5, 5.41) is 15.3. The third-order valence-electron chi connectivity index (χ3n) is 5.60. The largest absolute Gasteiger partial charge is 0.423 e. The van der Waals surface area contributed by atoms with Crippen molar-refractivity contribution in [2.75, 3.05) is 11.9 Å². The Labute approximate surface area is 190 Å². The quantitative estimate of drug-likeness (QED) is 0.449. The topological polar surface area (TPSA) is 61.4 Å². The van der Waals surface area contributed by atoms with E-state index in [9.17, 15) is 36.2 Å². The first-order valence-corrected chi connectivity index (χ1v) is 10.5. The Bertz CT molecular complexity index is 1040. The molecule has 180 valence electrons. The Kier molecular flexibility index (Phi) is 6.91. The molecule has 1 aliphatic rings. The van der Waals surface area contributed by atoms with Crippen LogP contribution in [0.2, 0.25) is 5.02 Å². The molecule has 0 aliphatic heterocycles. The molecule has 2 aromatic rings. The minimum Gasteiger partial charge on any atom is -0.381 e. The van der Waals surface area contributed by atoms with Gasteiger partial charge in [0.2, 0.25) is 11.5 Å². The maximum Gasteiger partial charge on any atom is 0.423 e. The fraction of sp³-hybridized carbons (Fsp3) is 0.409. The molecule has 2 atom stereocenters. The van der Waals surface area contributed by atoms with E-state index in [1.807, 2.05) is 0 Å². The van der Waals surface area contributed by atoms with Crippen LogP contribution in [-0.4, -0.2) is 23.7 Å². The van der Waals surface area contributed by atoms with Gasteiger partial charge in [-0.2, -0.15) is 26.3 Å². The number of hydrogen-bond acceptors (Lipinski definition) is 3. The Morgan fingerprint density at radius 2 is 1.76 bits per heavy atom. The van der Waals surface area contributed by atoms with Crippen LogP contribution in [0.5, 0.6) is 0 Å². The van der Waals surface area contributed by atoms with Crippen molar-refractivity contribution in [3.63, 3.8) is 0 Å². The van der Waals surface area contributed by atoms with Crippen molar-refractivity contribution in [3.05, 3.63) is 63.7 Å². The number of aryl methyl sites for hydroxylation is 1. The SMILES string of the molecule is CCC(=O)N[C@H]1CCc2cc(NC[C@@](O)(c3cc(Cl)cc(C(F)(F)F)c3)C(F)(F)F)ccc21. The number of nitrogens with one attached hydrogen (secondary N) is 2. The lowest BCUT2D eigenvalue weighted by molar-refractivity contribution is -0.260. The predicted molar refractivity (Wildman–Crippen MR) is 111 cm³/mol. The number of benzene rings is 2.